The molecule has 1 fully saturated rings. The Hall–Kier alpha value is -2.84. The molecular formula is C17H19N7O. The SMILES string of the molecule is O=c1[nH]ncc2nc(Nc3ccc(CN4CCNCC4)cc3)ncc12. The van der Waals surface area contributed by atoms with Gasteiger partial charge in [-0.1, -0.05) is 12.1 Å². The van der Waals surface area contributed by atoms with Crippen LogP contribution in [0.3, 0.4) is 0 Å². The summed E-state index contributed by atoms with van der Waals surface area (Å²) in [5.74, 6) is 0.440. The first-order valence-electron chi connectivity index (χ1n) is 8.27. The zero-order chi connectivity index (χ0) is 17.1. The highest BCUT2D eigenvalue weighted by Crippen LogP contribution is 2.16. The van der Waals surface area contributed by atoms with E-state index in [1.54, 1.807) is 0 Å². The molecule has 1 saturated heterocycles. The van der Waals surface area contributed by atoms with Crippen LogP contribution in [0.5, 0.6) is 0 Å². The van der Waals surface area contributed by atoms with E-state index >= 15 is 0 Å². The van der Waals surface area contributed by atoms with Crippen LogP contribution in [-0.4, -0.2) is 51.2 Å². The molecule has 0 saturated carbocycles. The number of aromatic nitrogens is 4. The van der Waals surface area contributed by atoms with Gasteiger partial charge in [0.15, 0.2) is 0 Å². The molecule has 3 N–H and O–H groups in total. The lowest BCUT2D eigenvalue weighted by Gasteiger charge is -2.27. The molecule has 0 spiro atoms. The summed E-state index contributed by atoms with van der Waals surface area (Å²) < 4.78 is 0. The summed E-state index contributed by atoms with van der Waals surface area (Å²) in [6.45, 7) is 5.23. The van der Waals surface area contributed by atoms with Gasteiger partial charge in [0, 0.05) is 44.6 Å². The highest BCUT2D eigenvalue weighted by Gasteiger charge is 2.10. The highest BCUT2D eigenvalue weighted by molar-refractivity contribution is 5.76. The topological polar surface area (TPSA) is 98.8 Å². The molecule has 1 aromatic carbocycles. The van der Waals surface area contributed by atoms with Gasteiger partial charge >= 0.3 is 0 Å². The molecule has 8 heteroatoms. The maximum Gasteiger partial charge on any atom is 0.275 e. The van der Waals surface area contributed by atoms with Crippen molar-refractivity contribution in [2.45, 2.75) is 6.54 Å². The molecule has 25 heavy (non-hydrogen) atoms. The monoisotopic (exact) mass is 337 g/mol. The summed E-state index contributed by atoms with van der Waals surface area (Å²) >= 11 is 0. The lowest BCUT2D eigenvalue weighted by Crippen LogP contribution is -2.42. The molecular weight excluding hydrogens is 318 g/mol. The van der Waals surface area contributed by atoms with E-state index < -0.39 is 0 Å². The van der Waals surface area contributed by atoms with Crippen LogP contribution in [0, 0.1) is 0 Å². The Morgan fingerprint density at radius 2 is 1.92 bits per heavy atom. The number of H-pyrrole nitrogens is 1. The average molecular weight is 337 g/mol. The quantitative estimate of drug-likeness (QED) is 0.649. The Bertz CT molecular complexity index is 916. The van der Waals surface area contributed by atoms with Gasteiger partial charge in [0.25, 0.3) is 5.56 Å². The van der Waals surface area contributed by atoms with Crippen LogP contribution in [0.1, 0.15) is 5.56 Å². The van der Waals surface area contributed by atoms with Gasteiger partial charge in [-0.2, -0.15) is 5.10 Å². The van der Waals surface area contributed by atoms with Crippen LogP contribution >= 0.6 is 0 Å². The summed E-state index contributed by atoms with van der Waals surface area (Å²) in [6.07, 6.45) is 3.02. The van der Waals surface area contributed by atoms with Gasteiger partial charge in [-0.25, -0.2) is 15.1 Å². The molecule has 3 aromatic rings. The second-order valence-corrected chi connectivity index (χ2v) is 6.04. The molecule has 1 aliphatic rings. The maximum atomic E-state index is 11.6. The van der Waals surface area contributed by atoms with Crippen molar-refractivity contribution in [2.75, 3.05) is 31.5 Å². The molecule has 0 radical (unpaired) electrons. The normalized spacial score (nSPS) is 15.4. The van der Waals surface area contributed by atoms with E-state index in [9.17, 15) is 4.79 Å². The van der Waals surface area contributed by atoms with Crippen molar-refractivity contribution < 1.29 is 0 Å². The van der Waals surface area contributed by atoms with Gasteiger partial charge in [0.2, 0.25) is 5.95 Å². The molecule has 8 nitrogen and oxygen atoms in total. The number of hydrogen-bond donors (Lipinski definition) is 3. The van der Waals surface area contributed by atoms with Crippen molar-refractivity contribution in [3.05, 3.63) is 52.6 Å². The number of aromatic amines is 1. The fraction of sp³-hybridized carbons (Fsp3) is 0.294. The summed E-state index contributed by atoms with van der Waals surface area (Å²) in [5, 5.41) is 13.1. The summed E-state index contributed by atoms with van der Waals surface area (Å²) in [6, 6.07) is 8.25. The molecule has 0 aliphatic carbocycles. The molecule has 0 unspecified atom stereocenters. The van der Waals surface area contributed by atoms with Crippen LogP contribution in [0.2, 0.25) is 0 Å². The Balaban J connectivity index is 1.46. The van der Waals surface area contributed by atoms with Gasteiger partial charge < -0.3 is 10.6 Å². The molecule has 1 aliphatic heterocycles. The maximum absolute atomic E-state index is 11.6. The minimum absolute atomic E-state index is 0.290. The Morgan fingerprint density at radius 3 is 2.72 bits per heavy atom. The van der Waals surface area contributed by atoms with E-state index in [1.807, 2.05) is 12.1 Å². The Labute approximate surface area is 144 Å². The van der Waals surface area contributed by atoms with Gasteiger partial charge in [-0.05, 0) is 17.7 Å². The number of piperazine rings is 1. The molecule has 0 atom stereocenters. The summed E-state index contributed by atoms with van der Waals surface area (Å²) in [7, 11) is 0. The molecule has 128 valence electrons. The second-order valence-electron chi connectivity index (χ2n) is 6.04. The van der Waals surface area contributed by atoms with Gasteiger partial charge in [0.1, 0.15) is 5.52 Å². The van der Waals surface area contributed by atoms with Crippen molar-refractivity contribution in [3.8, 4) is 0 Å². The van der Waals surface area contributed by atoms with Gasteiger partial charge in [0.05, 0.1) is 11.6 Å². The fourth-order valence-corrected chi connectivity index (χ4v) is 2.89. The third-order valence-corrected chi connectivity index (χ3v) is 4.24. The van der Waals surface area contributed by atoms with Crippen molar-refractivity contribution in [1.82, 2.24) is 30.4 Å². The van der Waals surface area contributed by atoms with Crippen molar-refractivity contribution >= 4 is 22.5 Å². The van der Waals surface area contributed by atoms with E-state index in [2.05, 4.69) is 47.8 Å². The van der Waals surface area contributed by atoms with Gasteiger partial charge in [-0.15, -0.1) is 0 Å². The molecule has 0 amide bonds. The smallest absolute Gasteiger partial charge is 0.275 e. The zero-order valence-electron chi connectivity index (χ0n) is 13.7. The van der Waals surface area contributed by atoms with Crippen LogP contribution in [-0.2, 0) is 6.54 Å². The van der Waals surface area contributed by atoms with E-state index in [4.69, 9.17) is 0 Å². The number of nitrogens with zero attached hydrogens (tertiary/aromatic N) is 4. The van der Waals surface area contributed by atoms with E-state index in [1.165, 1.54) is 18.0 Å². The molecule has 4 rings (SSSR count). The fourth-order valence-electron chi connectivity index (χ4n) is 2.89. The van der Waals surface area contributed by atoms with Crippen LogP contribution < -0.4 is 16.2 Å². The number of anilines is 2. The first kappa shape index (κ1) is 15.7. The number of fused-ring (bicyclic) bond motifs is 1. The molecule has 2 aromatic heterocycles. The third kappa shape index (κ3) is 3.65. The molecule has 0 bridgehead atoms. The van der Waals surface area contributed by atoms with Crippen molar-refractivity contribution in [3.63, 3.8) is 0 Å². The van der Waals surface area contributed by atoms with E-state index in [0.717, 1.165) is 38.4 Å². The predicted molar refractivity (Wildman–Crippen MR) is 95.8 cm³/mol. The number of nitrogens with one attached hydrogen (secondary N) is 3. The first-order chi connectivity index (χ1) is 12.3. The summed E-state index contributed by atoms with van der Waals surface area (Å²) in [4.78, 5) is 22.6. The van der Waals surface area contributed by atoms with Crippen molar-refractivity contribution in [1.29, 1.82) is 0 Å². The lowest BCUT2D eigenvalue weighted by molar-refractivity contribution is 0.233. The van der Waals surface area contributed by atoms with E-state index in [0.29, 0.717) is 16.9 Å². The largest absolute Gasteiger partial charge is 0.324 e. The van der Waals surface area contributed by atoms with Crippen molar-refractivity contribution in [2.24, 2.45) is 0 Å². The highest BCUT2D eigenvalue weighted by atomic mass is 16.1. The average Bonchev–Trinajstić information content (AvgIpc) is 2.64. The number of rotatable bonds is 4. The lowest BCUT2D eigenvalue weighted by atomic mass is 10.2. The second kappa shape index (κ2) is 6.96. The third-order valence-electron chi connectivity index (χ3n) is 4.24. The summed E-state index contributed by atoms with van der Waals surface area (Å²) in [5.41, 5.74) is 2.40. The zero-order valence-corrected chi connectivity index (χ0v) is 13.7. The number of benzene rings is 1. The minimum Gasteiger partial charge on any atom is -0.324 e. The Kier molecular flexibility index (Phi) is 4.36. The number of hydrogen-bond acceptors (Lipinski definition) is 7. The standard InChI is InChI=1S/C17H19N7O/c25-16-14-9-19-17(22-15(14)10-20-23-16)21-13-3-1-12(2-4-13)11-24-7-5-18-6-8-24/h1-4,9-10,18H,5-8,11H2,(H,23,25)(H,19,21,22). The van der Waals surface area contributed by atoms with Gasteiger partial charge in [-0.3, -0.25) is 9.69 Å². The first-order valence-corrected chi connectivity index (χ1v) is 8.27. The van der Waals surface area contributed by atoms with Crippen LogP contribution in [0.15, 0.2) is 41.5 Å². The Morgan fingerprint density at radius 1 is 1.12 bits per heavy atom. The minimum atomic E-state index is -0.290. The van der Waals surface area contributed by atoms with E-state index in [-0.39, 0.29) is 5.56 Å². The predicted octanol–water partition coefficient (Wildman–Crippen LogP) is 0.862. The van der Waals surface area contributed by atoms with Crippen LogP contribution in [0.4, 0.5) is 11.6 Å². The van der Waals surface area contributed by atoms with Crippen LogP contribution in [0.25, 0.3) is 10.9 Å². The molecule has 3 heterocycles.